The summed E-state index contributed by atoms with van der Waals surface area (Å²) >= 11 is 0. The molecular formula is C24H26FNO3. The summed E-state index contributed by atoms with van der Waals surface area (Å²) in [4.78, 5) is 10.9. The van der Waals surface area contributed by atoms with Gasteiger partial charge in [0.15, 0.2) is 0 Å². The van der Waals surface area contributed by atoms with E-state index in [2.05, 4.69) is 45.0 Å². The SMILES string of the molecule is CC1(C)CCC(C)(C)c2cc(C(/C=C/c3ccc(C(=O)O)cc3F)=N\O)ccc21. The lowest BCUT2D eigenvalue weighted by Crippen LogP contribution is -2.34. The number of rotatable bonds is 4. The molecule has 0 atom stereocenters. The van der Waals surface area contributed by atoms with Crippen molar-refractivity contribution < 1.29 is 19.5 Å². The fourth-order valence-electron chi connectivity index (χ4n) is 3.90. The highest BCUT2D eigenvalue weighted by atomic mass is 19.1. The molecule has 1 aliphatic carbocycles. The average Bonchev–Trinajstić information content (AvgIpc) is 2.67. The number of benzene rings is 2. The third-order valence-electron chi connectivity index (χ3n) is 5.92. The first kappa shape index (κ1) is 20.8. The van der Waals surface area contributed by atoms with Crippen LogP contribution in [0.2, 0.25) is 0 Å². The van der Waals surface area contributed by atoms with Crippen molar-refractivity contribution in [3.05, 3.63) is 76.1 Å². The number of halogens is 1. The van der Waals surface area contributed by atoms with E-state index in [4.69, 9.17) is 5.11 Å². The predicted octanol–water partition coefficient (Wildman–Crippen LogP) is 5.76. The molecule has 0 aliphatic heterocycles. The summed E-state index contributed by atoms with van der Waals surface area (Å²) in [6.45, 7) is 8.92. The van der Waals surface area contributed by atoms with Crippen LogP contribution in [0.4, 0.5) is 4.39 Å². The summed E-state index contributed by atoms with van der Waals surface area (Å²) in [5.41, 5.74) is 3.80. The maximum atomic E-state index is 14.2. The molecule has 0 aromatic heterocycles. The molecule has 2 aromatic rings. The number of hydrogen-bond acceptors (Lipinski definition) is 3. The highest BCUT2D eigenvalue weighted by molar-refractivity contribution is 6.10. The van der Waals surface area contributed by atoms with Crippen molar-refractivity contribution in [1.29, 1.82) is 0 Å². The minimum atomic E-state index is -1.18. The zero-order chi connectivity index (χ0) is 21.4. The topological polar surface area (TPSA) is 69.9 Å². The van der Waals surface area contributed by atoms with Crippen LogP contribution >= 0.6 is 0 Å². The van der Waals surface area contributed by atoms with E-state index >= 15 is 0 Å². The Balaban J connectivity index is 1.96. The summed E-state index contributed by atoms with van der Waals surface area (Å²) < 4.78 is 14.2. The monoisotopic (exact) mass is 395 g/mol. The number of aromatic carboxylic acids is 1. The maximum absolute atomic E-state index is 14.2. The van der Waals surface area contributed by atoms with Crippen LogP contribution in [0.5, 0.6) is 0 Å². The summed E-state index contributed by atoms with van der Waals surface area (Å²) in [6, 6.07) is 9.77. The van der Waals surface area contributed by atoms with Gasteiger partial charge in [0.25, 0.3) is 0 Å². The van der Waals surface area contributed by atoms with E-state index in [1.165, 1.54) is 35.4 Å². The Morgan fingerprint density at radius 1 is 1.00 bits per heavy atom. The average molecular weight is 395 g/mol. The Morgan fingerprint density at radius 2 is 1.62 bits per heavy atom. The first-order valence-electron chi connectivity index (χ1n) is 9.63. The second-order valence-corrected chi connectivity index (χ2v) is 8.89. The lowest BCUT2D eigenvalue weighted by Gasteiger charge is -2.42. The molecule has 4 nitrogen and oxygen atoms in total. The standard InChI is InChI=1S/C24H26FNO3/c1-23(2)11-12-24(3,4)19-13-16(7-9-18(19)23)21(26-29)10-8-15-5-6-17(22(27)28)14-20(15)25/h5-10,13-14,29H,11-12H2,1-4H3,(H,27,28)/b10-8+,26-21-. The fourth-order valence-corrected chi connectivity index (χ4v) is 3.90. The van der Waals surface area contributed by atoms with Crippen molar-refractivity contribution in [3.63, 3.8) is 0 Å². The highest BCUT2D eigenvalue weighted by Gasteiger charge is 2.37. The molecule has 2 aromatic carbocycles. The van der Waals surface area contributed by atoms with Gasteiger partial charge in [-0.25, -0.2) is 9.18 Å². The number of nitrogens with zero attached hydrogens (tertiary/aromatic N) is 1. The van der Waals surface area contributed by atoms with Gasteiger partial charge in [0, 0.05) is 11.1 Å². The number of carboxylic acid groups (broad SMARTS) is 1. The summed E-state index contributed by atoms with van der Waals surface area (Å²) in [5.74, 6) is -1.83. The van der Waals surface area contributed by atoms with Crippen molar-refractivity contribution >= 4 is 17.8 Å². The minimum Gasteiger partial charge on any atom is -0.478 e. The van der Waals surface area contributed by atoms with E-state index in [1.54, 1.807) is 0 Å². The fraction of sp³-hybridized carbons (Fsp3) is 0.333. The van der Waals surface area contributed by atoms with Crippen LogP contribution in [0.25, 0.3) is 6.08 Å². The Morgan fingerprint density at radius 3 is 2.21 bits per heavy atom. The smallest absolute Gasteiger partial charge is 0.335 e. The molecule has 2 N–H and O–H groups in total. The van der Waals surface area contributed by atoms with Gasteiger partial charge >= 0.3 is 5.97 Å². The molecule has 0 amide bonds. The van der Waals surface area contributed by atoms with Crippen LogP contribution in [0, 0.1) is 5.82 Å². The first-order valence-corrected chi connectivity index (χ1v) is 9.63. The summed E-state index contributed by atoms with van der Waals surface area (Å²) in [5, 5.41) is 21.9. The van der Waals surface area contributed by atoms with Gasteiger partial charge in [-0.05, 0) is 65.1 Å². The summed E-state index contributed by atoms with van der Waals surface area (Å²) in [7, 11) is 0. The van der Waals surface area contributed by atoms with Crippen molar-refractivity contribution in [3.8, 4) is 0 Å². The molecule has 0 heterocycles. The van der Waals surface area contributed by atoms with Gasteiger partial charge in [0.1, 0.15) is 11.5 Å². The molecule has 5 heteroatoms. The molecular weight excluding hydrogens is 369 g/mol. The molecule has 1 aliphatic rings. The molecule has 0 unspecified atom stereocenters. The van der Waals surface area contributed by atoms with Gasteiger partial charge in [0.2, 0.25) is 0 Å². The van der Waals surface area contributed by atoms with E-state index in [9.17, 15) is 14.4 Å². The molecule has 0 saturated carbocycles. The number of fused-ring (bicyclic) bond motifs is 1. The van der Waals surface area contributed by atoms with Gasteiger partial charge in [-0.15, -0.1) is 0 Å². The van der Waals surface area contributed by atoms with Gasteiger partial charge in [0.05, 0.1) is 5.56 Å². The second kappa shape index (κ2) is 7.47. The number of hydrogen-bond donors (Lipinski definition) is 2. The van der Waals surface area contributed by atoms with E-state index in [1.807, 2.05) is 6.07 Å². The molecule has 0 fully saturated rings. The quantitative estimate of drug-likeness (QED) is 0.392. The van der Waals surface area contributed by atoms with Crippen LogP contribution in [-0.4, -0.2) is 22.0 Å². The van der Waals surface area contributed by atoms with E-state index in [0.717, 1.165) is 24.5 Å². The van der Waals surface area contributed by atoms with Gasteiger partial charge in [-0.3, -0.25) is 0 Å². The molecule has 152 valence electrons. The molecule has 0 spiro atoms. The third-order valence-corrected chi connectivity index (χ3v) is 5.92. The van der Waals surface area contributed by atoms with Crippen molar-refractivity contribution in [2.45, 2.75) is 51.4 Å². The van der Waals surface area contributed by atoms with E-state index in [0.29, 0.717) is 5.71 Å². The van der Waals surface area contributed by atoms with E-state index in [-0.39, 0.29) is 22.0 Å². The Hall–Kier alpha value is -2.95. The number of oxime groups is 1. The van der Waals surface area contributed by atoms with Gasteiger partial charge in [-0.1, -0.05) is 51.0 Å². The molecule has 29 heavy (non-hydrogen) atoms. The molecule has 0 saturated heterocycles. The number of allylic oxidation sites excluding steroid dienone is 1. The largest absolute Gasteiger partial charge is 0.478 e. The predicted molar refractivity (Wildman–Crippen MR) is 112 cm³/mol. The van der Waals surface area contributed by atoms with Gasteiger partial charge in [-0.2, -0.15) is 0 Å². The first-order chi connectivity index (χ1) is 13.5. The van der Waals surface area contributed by atoms with Crippen LogP contribution in [0.1, 0.15) is 73.1 Å². The highest BCUT2D eigenvalue weighted by Crippen LogP contribution is 2.45. The second-order valence-electron chi connectivity index (χ2n) is 8.89. The molecule has 3 rings (SSSR count). The van der Waals surface area contributed by atoms with Crippen LogP contribution in [0.3, 0.4) is 0 Å². The van der Waals surface area contributed by atoms with Crippen molar-refractivity contribution in [2.24, 2.45) is 5.16 Å². The molecule has 0 radical (unpaired) electrons. The normalized spacial score (nSPS) is 17.9. The number of carboxylic acids is 1. The zero-order valence-electron chi connectivity index (χ0n) is 17.2. The van der Waals surface area contributed by atoms with Crippen LogP contribution in [-0.2, 0) is 10.8 Å². The Bertz CT molecular complexity index is 1020. The number of carbonyl (C=O) groups is 1. The lowest BCUT2D eigenvalue weighted by atomic mass is 9.63. The van der Waals surface area contributed by atoms with E-state index < -0.39 is 11.8 Å². The Kier molecular flexibility index (Phi) is 5.35. The maximum Gasteiger partial charge on any atom is 0.335 e. The minimum absolute atomic E-state index is 0.0178. The molecule has 0 bridgehead atoms. The summed E-state index contributed by atoms with van der Waals surface area (Å²) in [6.07, 6.45) is 5.18. The van der Waals surface area contributed by atoms with Crippen molar-refractivity contribution in [2.75, 3.05) is 0 Å². The van der Waals surface area contributed by atoms with Crippen LogP contribution < -0.4 is 0 Å². The Labute approximate surface area is 170 Å². The third kappa shape index (κ3) is 4.09. The van der Waals surface area contributed by atoms with Crippen molar-refractivity contribution in [1.82, 2.24) is 0 Å². The van der Waals surface area contributed by atoms with Crippen LogP contribution in [0.15, 0.2) is 47.6 Å². The lowest BCUT2D eigenvalue weighted by molar-refractivity contribution is 0.0696. The zero-order valence-corrected chi connectivity index (χ0v) is 17.2. The van der Waals surface area contributed by atoms with Gasteiger partial charge < -0.3 is 10.3 Å².